The lowest BCUT2D eigenvalue weighted by atomic mass is 9.96. The molecule has 1 N–H and O–H groups in total. The third kappa shape index (κ3) is 2.94. The van der Waals surface area contributed by atoms with E-state index in [1.807, 2.05) is 6.07 Å². The van der Waals surface area contributed by atoms with Gasteiger partial charge >= 0.3 is 0 Å². The van der Waals surface area contributed by atoms with Gasteiger partial charge in [-0.15, -0.1) is 11.3 Å². The molecular weight excluding hydrogens is 262 g/mol. The van der Waals surface area contributed by atoms with Crippen LogP contribution in [-0.4, -0.2) is 6.54 Å². The minimum Gasteiger partial charge on any atom is -0.306 e. The number of rotatable bonds is 4. The summed E-state index contributed by atoms with van der Waals surface area (Å²) in [5.41, 5.74) is 3.86. The van der Waals surface area contributed by atoms with E-state index in [2.05, 4.69) is 49.7 Å². The molecule has 3 heteroatoms. The molecule has 0 saturated heterocycles. The van der Waals surface area contributed by atoms with Crippen molar-refractivity contribution in [2.45, 2.75) is 26.8 Å². The third-order valence-corrected chi connectivity index (χ3v) is 4.16. The predicted molar refractivity (Wildman–Crippen MR) is 80.8 cm³/mol. The van der Waals surface area contributed by atoms with Crippen molar-refractivity contribution in [3.05, 3.63) is 56.2 Å². The molecule has 1 nitrogen and oxygen atoms in total. The smallest absolute Gasteiger partial charge is 0.0588 e. The Labute approximate surface area is 118 Å². The number of aryl methyl sites for hydroxylation is 2. The molecule has 0 aliphatic rings. The molecule has 0 fully saturated rings. The fourth-order valence-electron chi connectivity index (χ4n) is 2.15. The Hall–Kier alpha value is -0.830. The van der Waals surface area contributed by atoms with Gasteiger partial charge in [0.2, 0.25) is 0 Å². The van der Waals surface area contributed by atoms with Crippen LogP contribution in [0.5, 0.6) is 0 Å². The zero-order valence-corrected chi connectivity index (χ0v) is 12.5. The minimum atomic E-state index is 0.235. The Morgan fingerprint density at radius 1 is 1.28 bits per heavy atom. The fraction of sp³-hybridized carbons (Fsp3) is 0.333. The molecule has 1 aromatic heterocycles. The van der Waals surface area contributed by atoms with E-state index in [4.69, 9.17) is 11.6 Å². The van der Waals surface area contributed by atoms with Crippen molar-refractivity contribution >= 4 is 22.9 Å². The molecule has 0 radical (unpaired) electrons. The molecule has 2 aromatic rings. The quantitative estimate of drug-likeness (QED) is 0.854. The average Bonchev–Trinajstić information content (AvgIpc) is 2.76. The summed E-state index contributed by atoms with van der Waals surface area (Å²) in [5.74, 6) is 0. The lowest BCUT2D eigenvalue weighted by Gasteiger charge is -2.20. The zero-order chi connectivity index (χ0) is 13.1. The van der Waals surface area contributed by atoms with Gasteiger partial charge < -0.3 is 5.32 Å². The number of hydrogen-bond donors (Lipinski definition) is 1. The minimum absolute atomic E-state index is 0.235. The van der Waals surface area contributed by atoms with E-state index < -0.39 is 0 Å². The second-order valence-corrected chi connectivity index (χ2v) is 6.03. The fourth-order valence-corrected chi connectivity index (χ4v) is 3.06. The molecule has 2 rings (SSSR count). The van der Waals surface area contributed by atoms with Crippen LogP contribution in [0, 0.1) is 13.8 Å². The zero-order valence-electron chi connectivity index (χ0n) is 11.0. The number of benzene rings is 1. The molecule has 0 aliphatic heterocycles. The lowest BCUT2D eigenvalue weighted by molar-refractivity contribution is 0.629. The highest BCUT2D eigenvalue weighted by Crippen LogP contribution is 2.30. The third-order valence-electron chi connectivity index (χ3n) is 3.04. The van der Waals surface area contributed by atoms with E-state index in [0.717, 1.165) is 11.6 Å². The first-order valence-electron chi connectivity index (χ1n) is 6.16. The number of hydrogen-bond acceptors (Lipinski definition) is 2. The summed E-state index contributed by atoms with van der Waals surface area (Å²) in [5, 5.41) is 6.57. The molecule has 0 aliphatic carbocycles. The summed E-state index contributed by atoms with van der Waals surface area (Å²) in [7, 11) is 0. The van der Waals surface area contributed by atoms with Crippen LogP contribution in [0.2, 0.25) is 5.02 Å². The number of thiophene rings is 1. The first-order chi connectivity index (χ1) is 8.61. The largest absolute Gasteiger partial charge is 0.306 e. The lowest BCUT2D eigenvalue weighted by Crippen LogP contribution is -2.22. The summed E-state index contributed by atoms with van der Waals surface area (Å²) >= 11 is 7.92. The summed E-state index contributed by atoms with van der Waals surface area (Å²) < 4.78 is 0. The number of halogens is 1. The van der Waals surface area contributed by atoms with Gasteiger partial charge in [-0.1, -0.05) is 24.6 Å². The monoisotopic (exact) mass is 279 g/mol. The average molecular weight is 280 g/mol. The van der Waals surface area contributed by atoms with Crippen molar-refractivity contribution in [3.8, 4) is 0 Å². The van der Waals surface area contributed by atoms with Crippen LogP contribution in [0.25, 0.3) is 0 Å². The van der Waals surface area contributed by atoms with Gasteiger partial charge in [0, 0.05) is 9.90 Å². The molecule has 1 atom stereocenters. The van der Waals surface area contributed by atoms with Crippen molar-refractivity contribution in [2.24, 2.45) is 0 Å². The van der Waals surface area contributed by atoms with E-state index in [1.165, 1.54) is 21.6 Å². The Morgan fingerprint density at radius 2 is 2.06 bits per heavy atom. The van der Waals surface area contributed by atoms with Gasteiger partial charge in [0.1, 0.15) is 0 Å². The molecule has 1 unspecified atom stereocenters. The van der Waals surface area contributed by atoms with Crippen molar-refractivity contribution in [2.75, 3.05) is 6.54 Å². The van der Waals surface area contributed by atoms with Crippen molar-refractivity contribution in [1.29, 1.82) is 0 Å². The SMILES string of the molecule is CCNC(c1csc(C)c1)c1cc(Cl)ccc1C. The summed E-state index contributed by atoms with van der Waals surface area (Å²) in [6.45, 7) is 7.34. The molecule has 0 spiro atoms. The second-order valence-electron chi connectivity index (χ2n) is 4.48. The maximum Gasteiger partial charge on any atom is 0.0588 e. The van der Waals surface area contributed by atoms with Gasteiger partial charge in [-0.3, -0.25) is 0 Å². The molecule has 0 saturated carbocycles. The van der Waals surface area contributed by atoms with Crippen LogP contribution in [0.15, 0.2) is 29.6 Å². The van der Waals surface area contributed by atoms with Crippen LogP contribution in [0.4, 0.5) is 0 Å². The van der Waals surface area contributed by atoms with Crippen molar-refractivity contribution < 1.29 is 0 Å². The van der Waals surface area contributed by atoms with Crippen molar-refractivity contribution in [3.63, 3.8) is 0 Å². The predicted octanol–water partition coefficient (Wildman–Crippen LogP) is 4.72. The van der Waals surface area contributed by atoms with E-state index in [0.29, 0.717) is 0 Å². The van der Waals surface area contributed by atoms with Crippen LogP contribution < -0.4 is 5.32 Å². The van der Waals surface area contributed by atoms with Crippen LogP contribution in [0.3, 0.4) is 0 Å². The summed E-state index contributed by atoms with van der Waals surface area (Å²) in [6, 6.07) is 8.58. The normalized spacial score (nSPS) is 12.7. The second kappa shape index (κ2) is 5.87. The Kier molecular flexibility index (Phi) is 4.44. The molecular formula is C15H18ClNS. The maximum atomic E-state index is 6.13. The van der Waals surface area contributed by atoms with Gasteiger partial charge in [0.15, 0.2) is 0 Å². The first kappa shape index (κ1) is 13.6. The van der Waals surface area contributed by atoms with Crippen LogP contribution >= 0.6 is 22.9 Å². The summed E-state index contributed by atoms with van der Waals surface area (Å²) in [6.07, 6.45) is 0. The van der Waals surface area contributed by atoms with Gasteiger partial charge in [-0.05, 0) is 60.7 Å². The van der Waals surface area contributed by atoms with Gasteiger partial charge in [-0.25, -0.2) is 0 Å². The van der Waals surface area contributed by atoms with E-state index in [1.54, 1.807) is 11.3 Å². The van der Waals surface area contributed by atoms with E-state index >= 15 is 0 Å². The van der Waals surface area contributed by atoms with Gasteiger partial charge in [-0.2, -0.15) is 0 Å². The molecule has 96 valence electrons. The van der Waals surface area contributed by atoms with E-state index in [-0.39, 0.29) is 6.04 Å². The Morgan fingerprint density at radius 3 is 2.67 bits per heavy atom. The molecule has 0 bridgehead atoms. The standard InChI is InChI=1S/C15H18ClNS/c1-4-17-15(12-7-11(3)18-9-12)14-8-13(16)6-5-10(14)2/h5-9,15,17H,4H2,1-3H3. The Balaban J connectivity index is 2.44. The topological polar surface area (TPSA) is 12.0 Å². The highest BCUT2D eigenvalue weighted by Gasteiger charge is 2.16. The van der Waals surface area contributed by atoms with Gasteiger partial charge in [0.25, 0.3) is 0 Å². The first-order valence-corrected chi connectivity index (χ1v) is 7.42. The molecule has 1 aromatic carbocycles. The summed E-state index contributed by atoms with van der Waals surface area (Å²) in [4.78, 5) is 1.34. The Bertz CT molecular complexity index is 533. The van der Waals surface area contributed by atoms with Crippen molar-refractivity contribution in [1.82, 2.24) is 5.32 Å². The maximum absolute atomic E-state index is 6.13. The van der Waals surface area contributed by atoms with E-state index in [9.17, 15) is 0 Å². The van der Waals surface area contributed by atoms with Crippen LogP contribution in [0.1, 0.15) is 34.5 Å². The molecule has 0 amide bonds. The number of nitrogens with one attached hydrogen (secondary N) is 1. The molecule has 18 heavy (non-hydrogen) atoms. The highest BCUT2D eigenvalue weighted by molar-refractivity contribution is 7.10. The van der Waals surface area contributed by atoms with Gasteiger partial charge in [0.05, 0.1) is 6.04 Å². The molecule has 1 heterocycles. The van der Waals surface area contributed by atoms with Crippen LogP contribution in [-0.2, 0) is 0 Å². The highest BCUT2D eigenvalue weighted by atomic mass is 35.5.